The van der Waals surface area contributed by atoms with E-state index in [9.17, 15) is 9.59 Å². The molecule has 0 fully saturated rings. The first-order valence-corrected chi connectivity index (χ1v) is 9.56. The molecule has 0 spiro atoms. The summed E-state index contributed by atoms with van der Waals surface area (Å²) in [6.45, 7) is 0. The number of carboxylic acid groups (broad SMARTS) is 1. The first-order valence-electron chi connectivity index (χ1n) is 8.30. The zero-order valence-corrected chi connectivity index (χ0v) is 15.6. The normalized spacial score (nSPS) is 15.7. The third kappa shape index (κ3) is 3.36. The van der Waals surface area contributed by atoms with E-state index in [0.29, 0.717) is 22.8 Å². The number of aromatic nitrogens is 1. The number of carboxylic acids is 1. The quantitative estimate of drug-likeness (QED) is 0.676. The minimum Gasteiger partial charge on any atom is -0.486 e. The van der Waals surface area contributed by atoms with E-state index in [1.807, 2.05) is 17.5 Å². The van der Waals surface area contributed by atoms with Crippen LogP contribution in [0.25, 0.3) is 10.1 Å². The van der Waals surface area contributed by atoms with Gasteiger partial charge in [0.25, 0.3) is 5.91 Å². The number of pyridine rings is 1. The second-order valence-electron chi connectivity index (χ2n) is 6.35. The van der Waals surface area contributed by atoms with E-state index in [4.69, 9.17) is 27.2 Å². The van der Waals surface area contributed by atoms with E-state index in [1.165, 1.54) is 11.3 Å². The van der Waals surface area contributed by atoms with Crippen LogP contribution in [0.2, 0.25) is 5.02 Å². The highest BCUT2D eigenvalue weighted by Gasteiger charge is 2.26. The minimum absolute atomic E-state index is 0.0657. The summed E-state index contributed by atoms with van der Waals surface area (Å²) in [6.07, 6.45) is 1.21. The Morgan fingerprint density at radius 1 is 1.37 bits per heavy atom. The van der Waals surface area contributed by atoms with Gasteiger partial charge in [0.2, 0.25) is 0 Å². The maximum absolute atomic E-state index is 11.3. The molecule has 1 amide bonds. The number of halogens is 1. The third-order valence-corrected chi connectivity index (χ3v) is 5.83. The van der Waals surface area contributed by atoms with Crippen LogP contribution < -0.4 is 10.5 Å². The van der Waals surface area contributed by atoms with Gasteiger partial charge < -0.3 is 15.6 Å². The lowest BCUT2D eigenvalue weighted by molar-refractivity contribution is -0.136. The highest BCUT2D eigenvalue weighted by atomic mass is 35.5. The number of primary amides is 1. The van der Waals surface area contributed by atoms with Gasteiger partial charge in [0.05, 0.1) is 11.4 Å². The minimum atomic E-state index is -0.892. The molecule has 3 N–H and O–H groups in total. The molecule has 4 rings (SSSR count). The lowest BCUT2D eigenvalue weighted by Crippen LogP contribution is -2.14. The highest BCUT2D eigenvalue weighted by Crippen LogP contribution is 2.39. The van der Waals surface area contributed by atoms with Crippen LogP contribution in [0.5, 0.6) is 5.75 Å². The summed E-state index contributed by atoms with van der Waals surface area (Å²) in [5, 5.41) is 12.1. The Kier molecular flexibility index (Phi) is 4.49. The van der Waals surface area contributed by atoms with Gasteiger partial charge in [0.1, 0.15) is 17.5 Å². The topological polar surface area (TPSA) is 103 Å². The second-order valence-corrected chi connectivity index (χ2v) is 7.67. The Morgan fingerprint density at radius 2 is 2.19 bits per heavy atom. The molecule has 1 atom stereocenters. The molecule has 1 aliphatic carbocycles. The van der Waals surface area contributed by atoms with Gasteiger partial charge in [-0.15, -0.1) is 11.3 Å². The fourth-order valence-corrected chi connectivity index (χ4v) is 4.77. The van der Waals surface area contributed by atoms with E-state index in [1.54, 1.807) is 12.1 Å². The Hall–Kier alpha value is -2.64. The predicted molar refractivity (Wildman–Crippen MR) is 103 cm³/mol. The van der Waals surface area contributed by atoms with E-state index in [0.717, 1.165) is 27.8 Å². The van der Waals surface area contributed by atoms with Crippen molar-refractivity contribution in [2.45, 2.75) is 25.4 Å². The maximum Gasteiger partial charge on any atom is 0.307 e. The molecule has 2 aromatic heterocycles. The van der Waals surface area contributed by atoms with Gasteiger partial charge in [-0.3, -0.25) is 9.59 Å². The van der Waals surface area contributed by atoms with Crippen LogP contribution >= 0.6 is 22.9 Å². The number of carbonyl (C=O) groups excluding carboxylic acids is 1. The standard InChI is InChI=1S/C19H15ClN2O4S/c20-12-6-10(7-16-18(12)9(8-27-16)5-17(23)24)26-15-4-3-13-11(15)1-2-14(22-13)19(21)25/h1-2,6-8,15H,3-5H2,(H2,21,25)(H,23,24)/t15-/m1/s1. The van der Waals surface area contributed by atoms with Crippen molar-refractivity contribution >= 4 is 44.9 Å². The summed E-state index contributed by atoms with van der Waals surface area (Å²) in [7, 11) is 0. The van der Waals surface area contributed by atoms with Crippen LogP contribution in [0.1, 0.15) is 39.8 Å². The number of aryl methyl sites for hydroxylation is 1. The number of fused-ring (bicyclic) bond motifs is 2. The molecule has 1 aromatic carbocycles. The monoisotopic (exact) mass is 402 g/mol. The lowest BCUT2D eigenvalue weighted by atomic mass is 10.1. The van der Waals surface area contributed by atoms with Crippen molar-refractivity contribution in [1.82, 2.24) is 4.98 Å². The van der Waals surface area contributed by atoms with Gasteiger partial charge in [0, 0.05) is 21.3 Å². The number of nitrogens with zero attached hydrogens (tertiary/aromatic N) is 1. The van der Waals surface area contributed by atoms with Crippen LogP contribution in [-0.2, 0) is 17.6 Å². The molecule has 0 saturated carbocycles. The fourth-order valence-electron chi connectivity index (χ4n) is 3.37. The fraction of sp³-hybridized carbons (Fsp3) is 0.211. The molecule has 0 radical (unpaired) electrons. The number of thiophene rings is 1. The number of nitrogens with two attached hydrogens (primary N) is 1. The second kappa shape index (κ2) is 6.83. The summed E-state index contributed by atoms with van der Waals surface area (Å²) in [5.41, 5.74) is 8.00. The smallest absolute Gasteiger partial charge is 0.307 e. The predicted octanol–water partition coefficient (Wildman–Crippen LogP) is 3.74. The van der Waals surface area contributed by atoms with Crippen molar-refractivity contribution in [3.63, 3.8) is 0 Å². The first kappa shape index (κ1) is 17.8. The summed E-state index contributed by atoms with van der Waals surface area (Å²) >= 11 is 7.84. The number of carbonyl (C=O) groups is 2. The van der Waals surface area contributed by atoms with Crippen LogP contribution in [-0.4, -0.2) is 22.0 Å². The molecule has 0 aliphatic heterocycles. The lowest BCUT2D eigenvalue weighted by Gasteiger charge is -2.15. The molecule has 8 heteroatoms. The number of benzene rings is 1. The summed E-state index contributed by atoms with van der Waals surface area (Å²) < 4.78 is 7.01. The third-order valence-electron chi connectivity index (χ3n) is 4.55. The summed E-state index contributed by atoms with van der Waals surface area (Å²) in [4.78, 5) is 26.6. The number of hydrogen-bond acceptors (Lipinski definition) is 5. The van der Waals surface area contributed by atoms with Gasteiger partial charge >= 0.3 is 5.97 Å². The van der Waals surface area contributed by atoms with Gasteiger partial charge in [-0.05, 0) is 42.0 Å². The molecule has 6 nitrogen and oxygen atoms in total. The molecule has 2 heterocycles. The largest absolute Gasteiger partial charge is 0.486 e. The molecule has 0 bridgehead atoms. The van der Waals surface area contributed by atoms with Crippen molar-refractivity contribution < 1.29 is 19.4 Å². The van der Waals surface area contributed by atoms with Crippen molar-refractivity contribution in [3.8, 4) is 5.75 Å². The van der Waals surface area contributed by atoms with E-state index in [2.05, 4.69) is 4.98 Å². The van der Waals surface area contributed by atoms with Crippen LogP contribution in [0, 0.1) is 0 Å². The molecule has 0 unspecified atom stereocenters. The van der Waals surface area contributed by atoms with Crippen molar-refractivity contribution in [3.05, 3.63) is 57.2 Å². The number of ether oxygens (including phenoxy) is 1. The molecule has 138 valence electrons. The van der Waals surface area contributed by atoms with Crippen molar-refractivity contribution in [2.75, 3.05) is 0 Å². The number of amides is 1. The zero-order valence-electron chi connectivity index (χ0n) is 14.1. The Labute approximate surface area is 163 Å². The zero-order chi connectivity index (χ0) is 19.1. The number of rotatable bonds is 5. The SMILES string of the molecule is NC(=O)c1ccc2c(n1)CC[C@H]2Oc1cc(Cl)c2c(CC(=O)O)csc2c1. The van der Waals surface area contributed by atoms with Crippen LogP contribution in [0.3, 0.4) is 0 Å². The number of aliphatic carboxylic acids is 1. The Morgan fingerprint density at radius 3 is 2.93 bits per heavy atom. The first-order chi connectivity index (χ1) is 12.9. The Balaban J connectivity index is 1.62. The molecule has 0 saturated heterocycles. The average Bonchev–Trinajstić information content (AvgIpc) is 3.19. The van der Waals surface area contributed by atoms with Gasteiger partial charge in [-0.25, -0.2) is 4.98 Å². The van der Waals surface area contributed by atoms with Gasteiger partial charge in [-0.2, -0.15) is 0 Å². The van der Waals surface area contributed by atoms with Crippen LogP contribution in [0.15, 0.2) is 29.6 Å². The van der Waals surface area contributed by atoms with Crippen molar-refractivity contribution in [2.24, 2.45) is 5.73 Å². The summed E-state index contributed by atoms with van der Waals surface area (Å²) in [6, 6.07) is 7.03. The van der Waals surface area contributed by atoms with Gasteiger partial charge in [0.15, 0.2) is 0 Å². The molecular formula is C19H15ClN2O4S. The Bertz CT molecular complexity index is 1080. The highest BCUT2D eigenvalue weighted by molar-refractivity contribution is 7.17. The van der Waals surface area contributed by atoms with E-state index in [-0.39, 0.29) is 18.2 Å². The maximum atomic E-state index is 11.3. The average molecular weight is 403 g/mol. The van der Waals surface area contributed by atoms with Crippen LogP contribution in [0.4, 0.5) is 0 Å². The van der Waals surface area contributed by atoms with E-state index < -0.39 is 11.9 Å². The van der Waals surface area contributed by atoms with E-state index >= 15 is 0 Å². The number of hydrogen-bond donors (Lipinski definition) is 2. The molecular weight excluding hydrogens is 388 g/mol. The molecule has 1 aliphatic rings. The summed E-state index contributed by atoms with van der Waals surface area (Å²) in [5.74, 6) is -0.821. The van der Waals surface area contributed by atoms with Crippen molar-refractivity contribution in [1.29, 1.82) is 0 Å². The molecule has 27 heavy (non-hydrogen) atoms. The molecule has 3 aromatic rings. The van der Waals surface area contributed by atoms with Gasteiger partial charge in [-0.1, -0.05) is 17.7 Å².